The summed E-state index contributed by atoms with van der Waals surface area (Å²) in [4.78, 5) is 0. The molecule has 0 radical (unpaired) electrons. The Balaban J connectivity index is 0.000000353. The number of pyridine rings is 4. The van der Waals surface area contributed by atoms with Gasteiger partial charge < -0.3 is 0 Å². The quantitative estimate of drug-likeness (QED) is 0.0627. The van der Waals surface area contributed by atoms with E-state index in [0.717, 1.165) is 71.2 Å². The molecule has 0 spiro atoms. The van der Waals surface area contributed by atoms with Crippen LogP contribution in [0, 0.1) is 45.3 Å². The van der Waals surface area contributed by atoms with Crippen LogP contribution in [-0.2, 0) is 26.2 Å². The number of halogens is 24. The van der Waals surface area contributed by atoms with Crippen LogP contribution in [0.2, 0.25) is 0 Å². The summed E-state index contributed by atoms with van der Waals surface area (Å²) in [5.74, 6) is 0. The van der Waals surface area contributed by atoms with E-state index in [-0.39, 0.29) is 0 Å². The topological polar surface area (TPSA) is 162 Å². The Hall–Kier alpha value is -10.9. The van der Waals surface area contributed by atoms with Crippen molar-refractivity contribution in [3.05, 3.63) is 254 Å². The Labute approximate surface area is 598 Å². The number of aromatic nitrogens is 8. The van der Waals surface area contributed by atoms with Gasteiger partial charge in [-0.3, -0.25) is 0 Å². The van der Waals surface area contributed by atoms with Gasteiger partial charge in [0.2, 0.25) is 0 Å². The molecule has 34 rings (SSSR count). The van der Waals surface area contributed by atoms with Crippen molar-refractivity contribution in [2.45, 2.75) is 53.9 Å². The summed E-state index contributed by atoms with van der Waals surface area (Å²) >= 11 is 0. The number of hydrogen-bond donors (Lipinski definition) is 0. The maximum Gasteiger partial charge on any atom is 0.173 e. The fourth-order valence-corrected chi connectivity index (χ4v) is 9.23. The molecule has 0 saturated carbocycles. The third kappa shape index (κ3) is 41.1. The molecule has 12 aromatic rings. The minimum absolute atomic E-state index is 0.788. The van der Waals surface area contributed by atoms with Gasteiger partial charge in [0, 0.05) is 121 Å². The molecule has 0 amide bonds. The minimum atomic E-state index is -10.7. The Morgan fingerprint density at radius 3 is 0.509 bits per heavy atom. The van der Waals surface area contributed by atoms with Crippen molar-refractivity contribution in [1.82, 2.24) is 20.4 Å². The first-order chi connectivity index (χ1) is 49.1. The molecule has 0 fully saturated rings. The van der Waals surface area contributed by atoms with Gasteiger partial charge in [-0.1, -0.05) is 109 Å². The van der Waals surface area contributed by atoms with Gasteiger partial charge in [0.25, 0.3) is 0 Å². The van der Waals surface area contributed by atoms with E-state index >= 15 is 0 Å². The molecular formula is C68H58F24N12P4. The van der Waals surface area contributed by atoms with E-state index in [9.17, 15) is 101 Å². The van der Waals surface area contributed by atoms with Gasteiger partial charge in [0.1, 0.15) is 0 Å². The van der Waals surface area contributed by atoms with Crippen molar-refractivity contribution in [3.63, 3.8) is 0 Å². The van der Waals surface area contributed by atoms with Gasteiger partial charge in [-0.05, 0) is 56.6 Å². The number of benzene rings is 6. The second kappa shape index (κ2) is 31.9. The molecule has 22 aliphatic rings. The van der Waals surface area contributed by atoms with Crippen molar-refractivity contribution in [3.8, 4) is 69.3 Å². The maximum absolute atomic E-state index is 10.7. The van der Waals surface area contributed by atoms with Crippen molar-refractivity contribution >= 4 is 63.6 Å². The number of nitriles is 4. The molecule has 0 N–H and O–H groups in total. The fourth-order valence-electron chi connectivity index (χ4n) is 9.23. The van der Waals surface area contributed by atoms with Gasteiger partial charge in [0.15, 0.2) is 75.8 Å². The van der Waals surface area contributed by atoms with Crippen molar-refractivity contribution < 1.29 is 119 Å². The van der Waals surface area contributed by atoms with Crippen LogP contribution in [0.4, 0.5) is 101 Å². The first kappa shape index (κ1) is 89.5. The van der Waals surface area contributed by atoms with E-state index in [1.165, 1.54) is 82.3 Å². The smallest absolute Gasteiger partial charge is 0.173 e. The fraction of sp³-hybridized carbons (Fsp3) is 0.118. The average molecular weight is 1620 g/mol. The summed E-state index contributed by atoms with van der Waals surface area (Å²) in [5, 5.41) is 55.7. The molecule has 6 aromatic carbocycles. The third-order valence-corrected chi connectivity index (χ3v) is 13.0. The van der Waals surface area contributed by atoms with Crippen LogP contribution >= 0.6 is 31.2 Å². The molecule has 12 nitrogen and oxygen atoms in total. The molecule has 6 aromatic heterocycles. The van der Waals surface area contributed by atoms with Crippen LogP contribution < -0.4 is 18.3 Å². The molecule has 22 aliphatic heterocycles. The van der Waals surface area contributed by atoms with E-state index in [1.807, 2.05) is 24.3 Å². The predicted octanol–water partition coefficient (Wildman–Crippen LogP) is 25.8. The normalized spacial score (nSPS) is 14.0. The first-order valence-electron chi connectivity index (χ1n) is 30.0. The number of rotatable bonds is 0. The molecular weight excluding hydrogens is 1560 g/mol. The van der Waals surface area contributed by atoms with Crippen molar-refractivity contribution in [2.24, 2.45) is 0 Å². The first-order valence-corrected chi connectivity index (χ1v) is 38.1. The van der Waals surface area contributed by atoms with Crippen molar-refractivity contribution in [2.75, 3.05) is 0 Å². The summed E-state index contributed by atoms with van der Waals surface area (Å²) in [6.07, 6.45) is 16.8. The van der Waals surface area contributed by atoms with E-state index in [0.29, 0.717) is 0 Å². The Morgan fingerprint density at radius 1 is 0.241 bits per heavy atom. The summed E-state index contributed by atoms with van der Waals surface area (Å²) in [6.45, 7) is 8.87. The monoisotopic (exact) mass is 1620 g/mol. The average Bonchev–Trinajstić information content (AvgIpc) is 0.749. The molecule has 0 saturated heterocycles. The van der Waals surface area contributed by atoms with E-state index in [1.54, 1.807) is 24.3 Å². The summed E-state index contributed by atoms with van der Waals surface area (Å²) in [7, 11) is -42.6. The Kier molecular flexibility index (Phi) is 26.4. The second-order valence-electron chi connectivity index (χ2n) is 22.3. The van der Waals surface area contributed by atoms with E-state index < -0.39 is 31.2 Å². The van der Waals surface area contributed by atoms with Crippen LogP contribution in [0.15, 0.2) is 232 Å². The predicted molar refractivity (Wildman–Crippen MR) is 365 cm³/mol. The van der Waals surface area contributed by atoms with Crippen LogP contribution in [-0.4, -0.2) is 20.4 Å². The van der Waals surface area contributed by atoms with Gasteiger partial charge >= 0.3 is 132 Å². The zero-order chi connectivity index (χ0) is 81.7. The molecule has 108 heavy (non-hydrogen) atoms. The van der Waals surface area contributed by atoms with Crippen LogP contribution in [0.25, 0.3) is 77.3 Å². The van der Waals surface area contributed by atoms with Crippen LogP contribution in [0.1, 0.15) is 49.9 Å². The summed E-state index contributed by atoms with van der Waals surface area (Å²) in [5.41, 5.74) is 12.5. The molecule has 40 heteroatoms. The SMILES string of the molecule is CC#N.CC#N.CC#N.CC#N.F[P-](F)(F)(F)(F)F.F[P-](F)(F)(F)(F)F.F[P-](F)(F)(F)(F)F.F[P-](F)(F)(F)(F)F.c1cc2ccc1C[n+]1ccc(cc1)-c1ccc(nn1)-c1cc[n+](cc1)Cc1ccc(cc1)C[n+]1ccc(cc1)-c1ccc(nn1)-c1cc[n+](cc1)C2.c1cc2ccc3cccc4ccc(c1)c2c34. The Morgan fingerprint density at radius 2 is 0.380 bits per heavy atom. The minimum Gasteiger partial charge on any atom is -0.201 e. The second-order valence-corrected chi connectivity index (χ2v) is 30.0. The molecule has 0 unspecified atom stereocenters. The molecule has 0 aliphatic carbocycles. The van der Waals surface area contributed by atoms with Gasteiger partial charge in [-0.25, -0.2) is 18.3 Å². The summed E-state index contributed by atoms with van der Waals surface area (Å²) < 4.78 is 246. The zero-order valence-corrected chi connectivity index (χ0v) is 59.6. The molecule has 16 bridgehead atoms. The van der Waals surface area contributed by atoms with Crippen LogP contribution in [0.3, 0.4) is 0 Å². The number of hydrogen-bond acceptors (Lipinski definition) is 8. The van der Waals surface area contributed by atoms with Gasteiger partial charge in [-0.2, -0.15) is 21.0 Å². The molecule has 578 valence electrons. The zero-order valence-electron chi connectivity index (χ0n) is 56.0. The largest absolute Gasteiger partial charge is 0.201 e. The van der Waals surface area contributed by atoms with Crippen molar-refractivity contribution in [1.29, 1.82) is 21.0 Å². The Bertz CT molecular complexity index is 4460. The number of nitrogens with zero attached hydrogens (tertiary/aromatic N) is 12. The van der Waals surface area contributed by atoms with Gasteiger partial charge in [-0.15, -0.1) is 20.4 Å². The van der Waals surface area contributed by atoms with Crippen LogP contribution in [0.5, 0.6) is 0 Å². The summed E-state index contributed by atoms with van der Waals surface area (Å²) in [6, 6.07) is 71.4. The third-order valence-electron chi connectivity index (χ3n) is 13.0. The van der Waals surface area contributed by atoms with E-state index in [2.05, 4.69) is 246 Å². The maximum atomic E-state index is 9.87. The molecule has 28 heterocycles. The standard InChI is InChI=1S/C44H36N8.C16H10.4C2H3N.4F6P/c1-2-34-4-3-33(1)29-49-21-13-37(14-22-49)41-9-10-43(47-45-41)39-17-25-51(26-18-39)31-35-5-7-36(8-6-35)32-52-27-19-40(20-28-52)44-12-11-42(46-48-44)38-15-23-50(30-34)24-16-38;1-3-11-7-9-13-5-2-6-14-10-8-12(4-1)15(11)16(13)14;4*1-2-3;4*1-7(2,3,4,5)6/h1-28H,29-32H2;1-10H;4*1H3;;;;/q+4;;;;;;4*-1. The van der Waals surface area contributed by atoms with E-state index in [4.69, 9.17) is 21.0 Å². The van der Waals surface area contributed by atoms with Gasteiger partial charge in [0.05, 0.1) is 47.1 Å². The molecule has 0 atom stereocenters.